The number of aryl methyl sites for hydroxylation is 1. The molecule has 9 heteroatoms. The first kappa shape index (κ1) is 18.9. The standard InChI is InChI=1S/C16H22N6O2S/c1-10-6-8-12(9-7-10)22-15(19-20-21-22)25-11(2)13(23)17-14(24)18-16(3,4)5/h6-9,11H,1-5H3,(H2,17,18,23,24)/t11-/m0/s1. The molecule has 2 N–H and O–H groups in total. The zero-order valence-electron chi connectivity index (χ0n) is 14.9. The summed E-state index contributed by atoms with van der Waals surface area (Å²) in [6, 6.07) is 7.19. The molecule has 3 amide bonds. The van der Waals surface area contributed by atoms with Crippen LogP contribution in [0.2, 0.25) is 0 Å². The van der Waals surface area contributed by atoms with Crippen LogP contribution in [0.25, 0.3) is 5.69 Å². The maximum absolute atomic E-state index is 12.2. The van der Waals surface area contributed by atoms with Gasteiger partial charge in [-0.05, 0) is 57.2 Å². The fourth-order valence-corrected chi connectivity index (χ4v) is 2.71. The van der Waals surface area contributed by atoms with Crippen LogP contribution in [0.15, 0.2) is 29.4 Å². The van der Waals surface area contributed by atoms with E-state index in [-0.39, 0.29) is 0 Å². The molecule has 8 nitrogen and oxygen atoms in total. The lowest BCUT2D eigenvalue weighted by Crippen LogP contribution is -2.49. The summed E-state index contributed by atoms with van der Waals surface area (Å²) in [7, 11) is 0. The Bertz CT molecular complexity index is 751. The van der Waals surface area contributed by atoms with Crippen LogP contribution in [0.3, 0.4) is 0 Å². The van der Waals surface area contributed by atoms with Gasteiger partial charge in [-0.25, -0.2) is 4.79 Å². The summed E-state index contributed by atoms with van der Waals surface area (Å²) in [4.78, 5) is 24.0. The van der Waals surface area contributed by atoms with Gasteiger partial charge in [-0.1, -0.05) is 29.5 Å². The van der Waals surface area contributed by atoms with Gasteiger partial charge in [0.15, 0.2) is 0 Å². The molecular formula is C16H22N6O2S. The van der Waals surface area contributed by atoms with Crippen molar-refractivity contribution in [3.05, 3.63) is 29.8 Å². The van der Waals surface area contributed by atoms with E-state index in [1.165, 1.54) is 11.8 Å². The van der Waals surface area contributed by atoms with E-state index < -0.39 is 22.7 Å². The Morgan fingerprint density at radius 3 is 2.44 bits per heavy atom. The molecule has 0 aliphatic carbocycles. The second-order valence-corrected chi connectivity index (χ2v) is 7.97. The number of carbonyl (C=O) groups excluding carboxylic acids is 2. The third-order valence-corrected chi connectivity index (χ3v) is 4.13. The summed E-state index contributed by atoms with van der Waals surface area (Å²) in [6.45, 7) is 9.20. The molecule has 2 rings (SSSR count). The first-order chi connectivity index (χ1) is 11.7. The summed E-state index contributed by atoms with van der Waals surface area (Å²) in [6.07, 6.45) is 0. The van der Waals surface area contributed by atoms with Crippen LogP contribution in [0.1, 0.15) is 33.3 Å². The summed E-state index contributed by atoms with van der Waals surface area (Å²) in [5.41, 5.74) is 1.51. The number of hydrogen-bond acceptors (Lipinski definition) is 6. The van der Waals surface area contributed by atoms with E-state index in [0.717, 1.165) is 11.3 Å². The number of rotatable bonds is 4. The molecule has 0 aliphatic rings. The Morgan fingerprint density at radius 1 is 1.20 bits per heavy atom. The first-order valence-electron chi connectivity index (χ1n) is 7.81. The molecule has 0 bridgehead atoms. The fourth-order valence-electron chi connectivity index (χ4n) is 1.90. The average Bonchev–Trinajstić information content (AvgIpc) is 2.94. The van der Waals surface area contributed by atoms with Crippen LogP contribution >= 0.6 is 11.8 Å². The van der Waals surface area contributed by atoms with E-state index in [1.54, 1.807) is 11.6 Å². The third kappa shape index (κ3) is 5.56. The van der Waals surface area contributed by atoms with Crippen molar-refractivity contribution in [3.63, 3.8) is 0 Å². The van der Waals surface area contributed by atoms with Crippen molar-refractivity contribution < 1.29 is 9.59 Å². The van der Waals surface area contributed by atoms with Gasteiger partial charge in [0.25, 0.3) is 0 Å². The third-order valence-electron chi connectivity index (χ3n) is 3.10. The van der Waals surface area contributed by atoms with Gasteiger partial charge in [0.1, 0.15) is 0 Å². The predicted molar refractivity (Wildman–Crippen MR) is 95.6 cm³/mol. The minimum absolute atomic E-state index is 0.412. The van der Waals surface area contributed by atoms with E-state index >= 15 is 0 Å². The quantitative estimate of drug-likeness (QED) is 0.808. The number of nitrogens with one attached hydrogen (secondary N) is 2. The molecule has 0 fully saturated rings. The lowest BCUT2D eigenvalue weighted by molar-refractivity contribution is -0.119. The Kier molecular flexibility index (Phi) is 5.78. The molecule has 1 atom stereocenters. The zero-order chi connectivity index (χ0) is 18.6. The highest BCUT2D eigenvalue weighted by molar-refractivity contribution is 8.00. The highest BCUT2D eigenvalue weighted by Gasteiger charge is 2.22. The van der Waals surface area contributed by atoms with Crippen LogP contribution in [0.5, 0.6) is 0 Å². The van der Waals surface area contributed by atoms with Crippen molar-refractivity contribution in [1.29, 1.82) is 0 Å². The molecule has 1 heterocycles. The maximum Gasteiger partial charge on any atom is 0.321 e. The maximum atomic E-state index is 12.2. The van der Waals surface area contributed by atoms with Gasteiger partial charge in [0, 0.05) is 5.54 Å². The molecule has 0 unspecified atom stereocenters. The monoisotopic (exact) mass is 362 g/mol. The highest BCUT2D eigenvalue weighted by Crippen LogP contribution is 2.23. The van der Waals surface area contributed by atoms with Crippen LogP contribution in [-0.4, -0.2) is 42.9 Å². The molecule has 0 spiro atoms. The van der Waals surface area contributed by atoms with Crippen molar-refractivity contribution in [2.24, 2.45) is 0 Å². The van der Waals surface area contributed by atoms with Crippen molar-refractivity contribution in [2.45, 2.75) is 50.6 Å². The molecular weight excluding hydrogens is 340 g/mol. The van der Waals surface area contributed by atoms with Gasteiger partial charge >= 0.3 is 6.03 Å². The number of hydrogen-bond donors (Lipinski definition) is 2. The van der Waals surface area contributed by atoms with E-state index in [2.05, 4.69) is 26.2 Å². The smallest absolute Gasteiger partial charge is 0.321 e. The number of nitrogens with zero attached hydrogens (tertiary/aromatic N) is 4. The molecule has 2 aromatic rings. The molecule has 0 radical (unpaired) electrons. The summed E-state index contributed by atoms with van der Waals surface area (Å²) in [5, 5.41) is 16.5. The highest BCUT2D eigenvalue weighted by atomic mass is 32.2. The van der Waals surface area contributed by atoms with Crippen LogP contribution in [0, 0.1) is 6.92 Å². The van der Waals surface area contributed by atoms with Crippen molar-refractivity contribution in [3.8, 4) is 5.69 Å². The largest absolute Gasteiger partial charge is 0.333 e. The predicted octanol–water partition coefficient (Wildman–Crippen LogP) is 2.08. The number of tetrazole rings is 1. The van der Waals surface area contributed by atoms with Crippen molar-refractivity contribution in [2.75, 3.05) is 0 Å². The number of urea groups is 1. The van der Waals surface area contributed by atoms with Gasteiger partial charge in [0.2, 0.25) is 11.1 Å². The van der Waals surface area contributed by atoms with Crippen LogP contribution in [0.4, 0.5) is 4.79 Å². The topological polar surface area (TPSA) is 102 Å². The Labute approximate surface area is 150 Å². The molecule has 1 aromatic carbocycles. The summed E-state index contributed by atoms with van der Waals surface area (Å²) < 4.78 is 1.56. The number of carbonyl (C=O) groups is 2. The van der Waals surface area contributed by atoms with E-state index in [1.807, 2.05) is 52.0 Å². The second kappa shape index (κ2) is 7.64. The molecule has 0 saturated heterocycles. The normalized spacial score (nSPS) is 12.5. The number of amides is 3. The molecule has 134 valence electrons. The lowest BCUT2D eigenvalue weighted by atomic mass is 10.1. The van der Waals surface area contributed by atoms with Crippen LogP contribution in [-0.2, 0) is 4.79 Å². The molecule has 1 aromatic heterocycles. The minimum atomic E-state index is -0.541. The molecule has 0 aliphatic heterocycles. The average molecular weight is 362 g/mol. The summed E-state index contributed by atoms with van der Waals surface area (Å²) in [5.74, 6) is -0.412. The van der Waals surface area contributed by atoms with Gasteiger partial charge < -0.3 is 5.32 Å². The SMILES string of the molecule is Cc1ccc(-n2nnnc2S[C@@H](C)C(=O)NC(=O)NC(C)(C)C)cc1. The Hall–Kier alpha value is -2.42. The Morgan fingerprint density at radius 2 is 1.84 bits per heavy atom. The van der Waals surface area contributed by atoms with Crippen molar-refractivity contribution >= 4 is 23.7 Å². The van der Waals surface area contributed by atoms with E-state index in [9.17, 15) is 9.59 Å². The zero-order valence-corrected chi connectivity index (χ0v) is 15.7. The van der Waals surface area contributed by atoms with Crippen molar-refractivity contribution in [1.82, 2.24) is 30.8 Å². The van der Waals surface area contributed by atoms with Gasteiger partial charge in [-0.15, -0.1) is 5.10 Å². The van der Waals surface area contributed by atoms with Crippen LogP contribution < -0.4 is 10.6 Å². The second-order valence-electron chi connectivity index (χ2n) is 6.66. The first-order valence-corrected chi connectivity index (χ1v) is 8.69. The summed E-state index contributed by atoms with van der Waals surface area (Å²) >= 11 is 1.18. The number of thioether (sulfide) groups is 1. The van der Waals surface area contributed by atoms with E-state index in [0.29, 0.717) is 5.16 Å². The number of imide groups is 1. The van der Waals surface area contributed by atoms with Gasteiger partial charge in [-0.2, -0.15) is 4.68 Å². The molecule has 0 saturated carbocycles. The number of benzene rings is 1. The van der Waals surface area contributed by atoms with E-state index in [4.69, 9.17) is 0 Å². The minimum Gasteiger partial charge on any atom is -0.333 e. The fraction of sp³-hybridized carbons (Fsp3) is 0.438. The number of aromatic nitrogens is 4. The van der Waals surface area contributed by atoms with Gasteiger partial charge in [-0.3, -0.25) is 10.1 Å². The Balaban J connectivity index is 2.02. The lowest BCUT2D eigenvalue weighted by Gasteiger charge is -2.21. The molecule has 25 heavy (non-hydrogen) atoms. The van der Waals surface area contributed by atoms with Gasteiger partial charge in [0.05, 0.1) is 10.9 Å².